The van der Waals surface area contributed by atoms with Gasteiger partial charge in [0, 0.05) is 6.42 Å². The van der Waals surface area contributed by atoms with Crippen LogP contribution >= 0.6 is 0 Å². The quantitative estimate of drug-likeness (QED) is 0.438. The van der Waals surface area contributed by atoms with Crippen molar-refractivity contribution in [1.82, 2.24) is 0 Å². The van der Waals surface area contributed by atoms with Gasteiger partial charge < -0.3 is 9.47 Å². The Morgan fingerprint density at radius 1 is 1.33 bits per heavy atom. The van der Waals surface area contributed by atoms with Crippen molar-refractivity contribution in [1.29, 1.82) is 0 Å². The first-order chi connectivity index (χ1) is 5.56. The van der Waals surface area contributed by atoms with Gasteiger partial charge in [0.15, 0.2) is 0 Å². The van der Waals surface area contributed by atoms with Crippen molar-refractivity contribution in [2.75, 3.05) is 19.8 Å². The summed E-state index contributed by atoms with van der Waals surface area (Å²) in [5, 5.41) is 0. The lowest BCUT2D eigenvalue weighted by Gasteiger charge is -2.09. The fourth-order valence-corrected chi connectivity index (χ4v) is 0.509. The van der Waals surface area contributed by atoms with Gasteiger partial charge in [-0.25, -0.2) is 8.78 Å². The summed E-state index contributed by atoms with van der Waals surface area (Å²) in [7, 11) is 0. The summed E-state index contributed by atoms with van der Waals surface area (Å²) in [5.74, 6) is -2.69. The van der Waals surface area contributed by atoms with Gasteiger partial charge in [0.05, 0.1) is 13.2 Å². The van der Waals surface area contributed by atoms with Gasteiger partial charge in [-0.1, -0.05) is 0 Å². The molecule has 0 unspecified atom stereocenters. The van der Waals surface area contributed by atoms with Gasteiger partial charge in [-0.05, 0) is 6.92 Å². The van der Waals surface area contributed by atoms with Crippen LogP contribution in [0.25, 0.3) is 0 Å². The highest BCUT2D eigenvalue weighted by molar-refractivity contribution is 5.36. The molecule has 12 heavy (non-hydrogen) atoms. The molecular weight excluding hydrogens is 170 g/mol. The summed E-state index contributed by atoms with van der Waals surface area (Å²) in [6.07, 6.45) is -0.311. The number of alkyl halides is 2. The Labute approximate surface area is 69.6 Å². The molecule has 72 valence electrons. The second-order valence-electron chi connectivity index (χ2n) is 2.40. The van der Waals surface area contributed by atoms with Crippen LogP contribution in [0.1, 0.15) is 13.3 Å². The summed E-state index contributed by atoms with van der Waals surface area (Å²) in [5.41, 5.74) is 0. The van der Waals surface area contributed by atoms with Crippen molar-refractivity contribution in [2.45, 2.75) is 19.3 Å². The van der Waals surface area contributed by atoms with Crippen LogP contribution < -0.4 is 0 Å². The van der Waals surface area contributed by atoms with Crippen LogP contribution in [0.5, 0.6) is 0 Å². The van der Waals surface area contributed by atoms with E-state index in [2.05, 4.69) is 4.74 Å². The molecule has 0 N–H and O–H groups in total. The maximum absolute atomic E-state index is 12.1. The Kier molecular flexibility index (Phi) is 5.53. The average molecular weight is 182 g/mol. The first-order valence-electron chi connectivity index (χ1n) is 3.57. The van der Waals surface area contributed by atoms with E-state index in [1.54, 1.807) is 0 Å². The molecule has 0 bridgehead atoms. The molecule has 0 aromatic heterocycles. The fraction of sp³-hybridized carbons (Fsp3) is 0.857. The van der Waals surface area contributed by atoms with E-state index in [-0.39, 0.29) is 32.7 Å². The molecule has 0 heterocycles. The van der Waals surface area contributed by atoms with Gasteiger partial charge in [0.25, 0.3) is 6.47 Å². The summed E-state index contributed by atoms with van der Waals surface area (Å²) >= 11 is 0. The Morgan fingerprint density at radius 2 is 2.00 bits per heavy atom. The molecule has 0 fully saturated rings. The number of hydrogen-bond acceptors (Lipinski definition) is 3. The van der Waals surface area contributed by atoms with Gasteiger partial charge in [0.1, 0.15) is 6.61 Å². The van der Waals surface area contributed by atoms with E-state index in [1.165, 1.54) is 0 Å². The lowest BCUT2D eigenvalue weighted by Crippen LogP contribution is -2.14. The van der Waals surface area contributed by atoms with Crippen LogP contribution in [-0.2, 0) is 14.3 Å². The molecule has 0 rings (SSSR count). The zero-order valence-corrected chi connectivity index (χ0v) is 6.89. The molecule has 5 heteroatoms. The van der Waals surface area contributed by atoms with Crippen molar-refractivity contribution < 1.29 is 23.0 Å². The van der Waals surface area contributed by atoms with E-state index in [9.17, 15) is 13.6 Å². The van der Waals surface area contributed by atoms with Gasteiger partial charge in [-0.15, -0.1) is 0 Å². The largest absolute Gasteiger partial charge is 0.465 e. The number of carbonyl (C=O) groups excluding carboxylic acids is 1. The first-order valence-corrected chi connectivity index (χ1v) is 3.57. The first kappa shape index (κ1) is 11.3. The Morgan fingerprint density at radius 3 is 2.50 bits per heavy atom. The highest BCUT2D eigenvalue weighted by atomic mass is 19.3. The van der Waals surface area contributed by atoms with E-state index in [0.29, 0.717) is 0 Å². The molecule has 0 amide bonds. The highest BCUT2D eigenvalue weighted by Gasteiger charge is 2.19. The van der Waals surface area contributed by atoms with Crippen LogP contribution in [0.15, 0.2) is 0 Å². The topological polar surface area (TPSA) is 35.5 Å². The van der Waals surface area contributed by atoms with Crippen molar-refractivity contribution in [3.05, 3.63) is 0 Å². The second-order valence-corrected chi connectivity index (χ2v) is 2.40. The van der Waals surface area contributed by atoms with Gasteiger partial charge >= 0.3 is 0 Å². The summed E-state index contributed by atoms with van der Waals surface area (Å²) in [6.45, 7) is 1.37. The number of ether oxygens (including phenoxy) is 2. The zero-order valence-electron chi connectivity index (χ0n) is 6.89. The molecular formula is C7H12F2O3. The number of hydrogen-bond donors (Lipinski definition) is 0. The molecule has 3 nitrogen and oxygen atoms in total. The predicted molar refractivity (Wildman–Crippen MR) is 38.1 cm³/mol. The lowest BCUT2D eigenvalue weighted by atomic mass is 10.3. The summed E-state index contributed by atoms with van der Waals surface area (Å²) < 4.78 is 33.3. The van der Waals surface area contributed by atoms with Crippen molar-refractivity contribution >= 4 is 6.47 Å². The maximum atomic E-state index is 12.1. The minimum atomic E-state index is -2.69. The Hall–Kier alpha value is -0.710. The van der Waals surface area contributed by atoms with Crippen LogP contribution in [0, 0.1) is 0 Å². The molecule has 0 atom stereocenters. The van der Waals surface area contributed by atoms with Crippen LogP contribution in [0.3, 0.4) is 0 Å². The minimum Gasteiger partial charge on any atom is -0.465 e. The highest BCUT2D eigenvalue weighted by Crippen LogP contribution is 2.15. The lowest BCUT2D eigenvalue weighted by molar-refractivity contribution is -0.130. The summed E-state index contributed by atoms with van der Waals surface area (Å²) in [4.78, 5) is 9.60. The molecule has 0 aliphatic rings. The molecule has 0 spiro atoms. The molecule has 0 saturated heterocycles. The smallest absolute Gasteiger partial charge is 0.293 e. The van der Waals surface area contributed by atoms with Crippen LogP contribution in [-0.4, -0.2) is 32.2 Å². The van der Waals surface area contributed by atoms with E-state index in [0.717, 1.165) is 6.92 Å². The molecule has 0 aromatic rings. The van der Waals surface area contributed by atoms with Gasteiger partial charge in [-0.2, -0.15) is 0 Å². The molecule has 0 aromatic carbocycles. The SMILES string of the molecule is CC(F)(F)CCOCCOC=O. The molecule has 0 radical (unpaired) electrons. The van der Waals surface area contributed by atoms with E-state index >= 15 is 0 Å². The van der Waals surface area contributed by atoms with E-state index in [4.69, 9.17) is 4.74 Å². The maximum Gasteiger partial charge on any atom is 0.293 e. The Bertz CT molecular complexity index is 122. The third-order valence-corrected chi connectivity index (χ3v) is 1.10. The van der Waals surface area contributed by atoms with Gasteiger partial charge in [0.2, 0.25) is 5.92 Å². The minimum absolute atomic E-state index is 0.0221. The van der Waals surface area contributed by atoms with E-state index < -0.39 is 5.92 Å². The zero-order chi connectivity index (χ0) is 9.45. The molecule has 0 aliphatic heterocycles. The monoisotopic (exact) mass is 182 g/mol. The number of rotatable bonds is 7. The standard InChI is InChI=1S/C7H12F2O3/c1-7(8,9)2-3-11-4-5-12-6-10/h6H,2-5H2,1H3. The third-order valence-electron chi connectivity index (χ3n) is 1.10. The second kappa shape index (κ2) is 5.88. The molecule has 0 saturated carbocycles. The predicted octanol–water partition coefficient (Wildman–Crippen LogP) is 1.22. The van der Waals surface area contributed by atoms with Crippen molar-refractivity contribution in [3.63, 3.8) is 0 Å². The van der Waals surface area contributed by atoms with E-state index in [1.807, 2.05) is 0 Å². The third kappa shape index (κ3) is 9.29. The molecule has 0 aliphatic carbocycles. The van der Waals surface area contributed by atoms with Gasteiger partial charge in [-0.3, -0.25) is 4.79 Å². The van der Waals surface area contributed by atoms with Crippen LogP contribution in [0.4, 0.5) is 8.78 Å². The van der Waals surface area contributed by atoms with Crippen molar-refractivity contribution in [2.24, 2.45) is 0 Å². The summed E-state index contributed by atoms with van der Waals surface area (Å²) in [6, 6.07) is 0. The average Bonchev–Trinajstić information content (AvgIpc) is 1.94. The van der Waals surface area contributed by atoms with Crippen molar-refractivity contribution in [3.8, 4) is 0 Å². The number of carbonyl (C=O) groups is 1. The van der Waals surface area contributed by atoms with Crippen LogP contribution in [0.2, 0.25) is 0 Å². The normalized spacial score (nSPS) is 11.2. The Balaban J connectivity index is 3.06. The fourth-order valence-electron chi connectivity index (χ4n) is 0.509. The number of halogens is 2.